The second-order valence-corrected chi connectivity index (χ2v) is 6.27. The fourth-order valence-electron chi connectivity index (χ4n) is 2.50. The molecule has 0 atom stereocenters. The molecule has 0 unspecified atom stereocenters. The number of hydrogen-bond acceptors (Lipinski definition) is 1. The summed E-state index contributed by atoms with van der Waals surface area (Å²) in [6, 6.07) is 3.10. The minimum absolute atomic E-state index is 0.0212. The predicted molar refractivity (Wildman–Crippen MR) is 73.5 cm³/mol. The van der Waals surface area contributed by atoms with Gasteiger partial charge in [0.2, 0.25) is 0 Å². The van der Waals surface area contributed by atoms with Crippen molar-refractivity contribution in [1.29, 1.82) is 0 Å². The first-order chi connectivity index (χ1) is 9.21. The summed E-state index contributed by atoms with van der Waals surface area (Å²) in [4.78, 5) is 12.2. The maximum Gasteiger partial charge on any atom is 0.416 e. The van der Waals surface area contributed by atoms with E-state index in [0.717, 1.165) is 37.8 Å². The Bertz CT molecular complexity index is 522. The third-order valence-corrected chi connectivity index (χ3v) is 4.35. The van der Waals surface area contributed by atoms with Crippen molar-refractivity contribution in [3.63, 3.8) is 0 Å². The molecule has 1 N–H and O–H groups in total. The molecule has 0 bridgehead atoms. The van der Waals surface area contributed by atoms with Crippen molar-refractivity contribution in [3.05, 3.63) is 33.8 Å². The quantitative estimate of drug-likeness (QED) is 0.834. The Balaban J connectivity index is 2.25. The zero-order valence-corrected chi connectivity index (χ0v) is 12.6. The van der Waals surface area contributed by atoms with Gasteiger partial charge in [0, 0.05) is 10.0 Å². The van der Waals surface area contributed by atoms with Crippen LogP contribution < -0.4 is 5.32 Å². The largest absolute Gasteiger partial charge is 0.416 e. The molecule has 1 aliphatic rings. The third kappa shape index (κ3) is 3.34. The summed E-state index contributed by atoms with van der Waals surface area (Å²) >= 11 is 3.14. The first-order valence-corrected chi connectivity index (χ1v) is 7.20. The van der Waals surface area contributed by atoms with E-state index in [4.69, 9.17) is 0 Å². The van der Waals surface area contributed by atoms with E-state index in [2.05, 4.69) is 21.2 Å². The van der Waals surface area contributed by atoms with Gasteiger partial charge < -0.3 is 5.32 Å². The van der Waals surface area contributed by atoms with Gasteiger partial charge in [-0.25, -0.2) is 0 Å². The van der Waals surface area contributed by atoms with Crippen molar-refractivity contribution in [2.45, 2.75) is 44.3 Å². The van der Waals surface area contributed by atoms with E-state index in [1.165, 1.54) is 6.07 Å². The Labute approximate surface area is 123 Å². The third-order valence-electron chi connectivity index (χ3n) is 3.66. The first-order valence-electron chi connectivity index (χ1n) is 6.41. The Morgan fingerprint density at radius 3 is 2.45 bits per heavy atom. The van der Waals surface area contributed by atoms with Crippen LogP contribution >= 0.6 is 15.9 Å². The van der Waals surface area contributed by atoms with Crippen LogP contribution in [-0.2, 0) is 6.18 Å². The van der Waals surface area contributed by atoms with Crippen LogP contribution in [-0.4, -0.2) is 11.4 Å². The van der Waals surface area contributed by atoms with Crippen LogP contribution in [0.5, 0.6) is 0 Å². The number of rotatable bonds is 2. The van der Waals surface area contributed by atoms with E-state index in [-0.39, 0.29) is 11.1 Å². The van der Waals surface area contributed by atoms with Crippen molar-refractivity contribution in [2.24, 2.45) is 0 Å². The number of carbonyl (C=O) groups is 1. The standard InChI is InChI=1S/C14H15BrF3NO/c1-13(6-2-3-7-13)19-12(20)10-8-9(14(16,17)18)4-5-11(10)15/h4-5,8H,2-3,6-7H2,1H3,(H,19,20). The highest BCUT2D eigenvalue weighted by atomic mass is 79.9. The van der Waals surface area contributed by atoms with E-state index in [9.17, 15) is 18.0 Å². The molecule has 2 nitrogen and oxygen atoms in total. The van der Waals surface area contributed by atoms with Gasteiger partial charge in [0.05, 0.1) is 11.1 Å². The van der Waals surface area contributed by atoms with Crippen LogP contribution in [0.4, 0.5) is 13.2 Å². The van der Waals surface area contributed by atoms with Gasteiger partial charge in [-0.15, -0.1) is 0 Å². The lowest BCUT2D eigenvalue weighted by Gasteiger charge is -2.25. The molecule has 110 valence electrons. The summed E-state index contributed by atoms with van der Waals surface area (Å²) in [5, 5.41) is 2.85. The minimum atomic E-state index is -4.45. The Morgan fingerprint density at radius 1 is 1.30 bits per heavy atom. The number of hydrogen-bond donors (Lipinski definition) is 1. The van der Waals surface area contributed by atoms with Crippen LogP contribution in [0.1, 0.15) is 48.5 Å². The van der Waals surface area contributed by atoms with Crippen LogP contribution in [0.25, 0.3) is 0 Å². The topological polar surface area (TPSA) is 29.1 Å². The number of carbonyl (C=O) groups excluding carboxylic acids is 1. The summed E-state index contributed by atoms with van der Waals surface area (Å²) in [7, 11) is 0. The summed E-state index contributed by atoms with van der Waals surface area (Å²) in [5.74, 6) is -0.465. The molecule has 1 aromatic carbocycles. The fraction of sp³-hybridized carbons (Fsp3) is 0.500. The second kappa shape index (κ2) is 5.39. The Morgan fingerprint density at radius 2 is 1.90 bits per heavy atom. The molecular formula is C14H15BrF3NO. The van der Waals surface area contributed by atoms with Gasteiger partial charge in [0.15, 0.2) is 0 Å². The highest BCUT2D eigenvalue weighted by molar-refractivity contribution is 9.10. The molecule has 0 radical (unpaired) electrons. The molecule has 1 aromatic rings. The normalized spacial score (nSPS) is 18.1. The zero-order valence-electron chi connectivity index (χ0n) is 11.0. The van der Waals surface area contributed by atoms with E-state index in [1.807, 2.05) is 6.92 Å². The van der Waals surface area contributed by atoms with Crippen LogP contribution in [0.2, 0.25) is 0 Å². The molecule has 2 rings (SSSR count). The fourth-order valence-corrected chi connectivity index (χ4v) is 2.92. The summed E-state index contributed by atoms with van der Waals surface area (Å²) in [6.07, 6.45) is -0.682. The molecule has 0 heterocycles. The van der Waals surface area contributed by atoms with Gasteiger partial charge in [0.25, 0.3) is 5.91 Å². The molecule has 0 aromatic heterocycles. The second-order valence-electron chi connectivity index (χ2n) is 5.41. The summed E-state index contributed by atoms with van der Waals surface area (Å²) in [6.45, 7) is 1.93. The van der Waals surface area contributed by atoms with E-state index >= 15 is 0 Å². The lowest BCUT2D eigenvalue weighted by Crippen LogP contribution is -2.43. The molecule has 0 saturated heterocycles. The zero-order chi connectivity index (χ0) is 15.0. The van der Waals surface area contributed by atoms with Crippen molar-refractivity contribution >= 4 is 21.8 Å². The van der Waals surface area contributed by atoms with Crippen LogP contribution in [0.15, 0.2) is 22.7 Å². The smallest absolute Gasteiger partial charge is 0.347 e. The average Bonchev–Trinajstić information content (AvgIpc) is 2.74. The molecule has 1 amide bonds. The average molecular weight is 350 g/mol. The van der Waals surface area contributed by atoms with E-state index in [0.29, 0.717) is 4.47 Å². The molecule has 1 aliphatic carbocycles. The number of halogens is 4. The number of nitrogens with one attached hydrogen (secondary N) is 1. The number of amides is 1. The predicted octanol–water partition coefficient (Wildman–Crippen LogP) is 4.53. The number of benzene rings is 1. The number of alkyl halides is 3. The molecule has 1 saturated carbocycles. The van der Waals surface area contributed by atoms with Crippen molar-refractivity contribution in [2.75, 3.05) is 0 Å². The van der Waals surface area contributed by atoms with Crippen LogP contribution in [0.3, 0.4) is 0 Å². The van der Waals surface area contributed by atoms with Gasteiger partial charge in [-0.1, -0.05) is 12.8 Å². The van der Waals surface area contributed by atoms with Crippen LogP contribution in [0, 0.1) is 0 Å². The molecule has 20 heavy (non-hydrogen) atoms. The lowest BCUT2D eigenvalue weighted by molar-refractivity contribution is -0.137. The van der Waals surface area contributed by atoms with Crippen molar-refractivity contribution < 1.29 is 18.0 Å². The Kier molecular flexibility index (Phi) is 4.14. The van der Waals surface area contributed by atoms with Crippen molar-refractivity contribution in [3.8, 4) is 0 Å². The van der Waals surface area contributed by atoms with E-state index in [1.54, 1.807) is 0 Å². The van der Waals surface area contributed by atoms with Gasteiger partial charge in [-0.3, -0.25) is 4.79 Å². The highest BCUT2D eigenvalue weighted by Gasteiger charge is 2.34. The summed E-state index contributed by atoms with van der Waals surface area (Å²) in [5.41, 5.74) is -1.11. The van der Waals surface area contributed by atoms with Gasteiger partial charge in [-0.2, -0.15) is 13.2 Å². The van der Waals surface area contributed by atoms with Gasteiger partial charge in [-0.05, 0) is 53.9 Å². The minimum Gasteiger partial charge on any atom is -0.347 e. The van der Waals surface area contributed by atoms with Crippen molar-refractivity contribution in [1.82, 2.24) is 5.32 Å². The van der Waals surface area contributed by atoms with E-state index < -0.39 is 17.6 Å². The molecular weight excluding hydrogens is 335 g/mol. The lowest BCUT2D eigenvalue weighted by atomic mass is 9.99. The molecule has 6 heteroatoms. The highest BCUT2D eigenvalue weighted by Crippen LogP contribution is 2.33. The Hall–Kier alpha value is -1.04. The maximum absolute atomic E-state index is 12.7. The first kappa shape index (κ1) is 15.4. The molecule has 1 fully saturated rings. The summed E-state index contributed by atoms with van der Waals surface area (Å²) < 4.78 is 38.5. The molecule has 0 spiro atoms. The SMILES string of the molecule is CC1(NC(=O)c2cc(C(F)(F)F)ccc2Br)CCCC1. The maximum atomic E-state index is 12.7. The monoisotopic (exact) mass is 349 g/mol. The molecule has 0 aliphatic heterocycles. The van der Waals surface area contributed by atoms with Gasteiger partial charge >= 0.3 is 6.18 Å². The van der Waals surface area contributed by atoms with Gasteiger partial charge in [0.1, 0.15) is 0 Å².